The number of aryl methyl sites for hydroxylation is 1. The second-order valence-corrected chi connectivity index (χ2v) is 8.16. The Hall–Kier alpha value is -2.02. The zero-order valence-electron chi connectivity index (χ0n) is 16.9. The number of rotatable bonds is 5. The largest absolute Gasteiger partial charge is 0.489 e. The van der Waals surface area contributed by atoms with Gasteiger partial charge in [-0.15, -0.1) is 0 Å². The second kappa shape index (κ2) is 8.38. The number of thiocarbonyl (C=S) groups is 1. The van der Waals surface area contributed by atoms with Crippen molar-refractivity contribution in [1.29, 1.82) is 0 Å². The lowest BCUT2D eigenvalue weighted by molar-refractivity contribution is -0.0950. The first-order valence-corrected chi connectivity index (χ1v) is 10.4. The van der Waals surface area contributed by atoms with Gasteiger partial charge in [-0.2, -0.15) is 0 Å². The molecule has 29 heavy (non-hydrogen) atoms. The van der Waals surface area contributed by atoms with Gasteiger partial charge >= 0.3 is 0 Å². The van der Waals surface area contributed by atoms with Gasteiger partial charge in [-0.3, -0.25) is 0 Å². The van der Waals surface area contributed by atoms with Crippen LogP contribution in [-0.2, 0) is 28.1 Å². The van der Waals surface area contributed by atoms with Crippen molar-refractivity contribution in [3.8, 4) is 5.75 Å². The quantitative estimate of drug-likeness (QED) is 0.657. The molecular formula is C23H26FNO3S. The monoisotopic (exact) mass is 415 g/mol. The third kappa shape index (κ3) is 4.15. The summed E-state index contributed by atoms with van der Waals surface area (Å²) in [6, 6.07) is 11.1. The zero-order chi connectivity index (χ0) is 20.4. The van der Waals surface area contributed by atoms with Crippen molar-refractivity contribution in [3.63, 3.8) is 0 Å². The highest BCUT2D eigenvalue weighted by molar-refractivity contribution is 7.80. The van der Waals surface area contributed by atoms with Crippen molar-refractivity contribution in [1.82, 2.24) is 0 Å². The van der Waals surface area contributed by atoms with Crippen molar-refractivity contribution in [2.45, 2.75) is 37.9 Å². The molecule has 0 atom stereocenters. The number of hydrogen-bond donors (Lipinski definition) is 0. The van der Waals surface area contributed by atoms with Gasteiger partial charge in [0.15, 0.2) is 0 Å². The summed E-state index contributed by atoms with van der Waals surface area (Å²) in [7, 11) is 3.68. The van der Waals surface area contributed by atoms with E-state index in [9.17, 15) is 4.39 Å². The first-order chi connectivity index (χ1) is 14.0. The molecule has 4 nitrogen and oxygen atoms in total. The van der Waals surface area contributed by atoms with E-state index in [1.54, 1.807) is 13.2 Å². The minimum absolute atomic E-state index is 0.319. The molecule has 0 unspecified atom stereocenters. The molecule has 0 radical (unpaired) electrons. The average Bonchev–Trinajstić information content (AvgIpc) is 2.75. The number of halogens is 1. The van der Waals surface area contributed by atoms with Crippen molar-refractivity contribution in [2.75, 3.05) is 32.3 Å². The van der Waals surface area contributed by atoms with Gasteiger partial charge in [-0.1, -0.05) is 24.4 Å². The molecule has 0 bridgehead atoms. The molecule has 2 aliphatic heterocycles. The summed E-state index contributed by atoms with van der Waals surface area (Å²) in [5.41, 5.74) is 3.76. The van der Waals surface area contributed by atoms with Crippen LogP contribution in [0.5, 0.6) is 5.75 Å². The van der Waals surface area contributed by atoms with Gasteiger partial charge < -0.3 is 19.1 Å². The van der Waals surface area contributed by atoms with Crippen molar-refractivity contribution < 1.29 is 18.6 Å². The molecule has 0 N–H and O–H groups in total. The zero-order valence-corrected chi connectivity index (χ0v) is 17.7. The molecule has 0 spiro atoms. The molecule has 2 heterocycles. The summed E-state index contributed by atoms with van der Waals surface area (Å²) in [6.07, 6.45) is 3.23. The van der Waals surface area contributed by atoms with Gasteiger partial charge in [0.2, 0.25) is 0 Å². The maximum atomic E-state index is 14.3. The summed E-state index contributed by atoms with van der Waals surface area (Å²) in [6.45, 7) is 1.59. The van der Waals surface area contributed by atoms with E-state index in [2.05, 4.69) is 17.0 Å². The molecule has 2 aromatic carbocycles. The van der Waals surface area contributed by atoms with Crippen LogP contribution in [0.3, 0.4) is 0 Å². The van der Waals surface area contributed by atoms with Gasteiger partial charge in [0.05, 0.1) is 10.6 Å². The molecule has 2 aromatic rings. The summed E-state index contributed by atoms with van der Waals surface area (Å²) in [4.78, 5) is 3.03. The Balaban J connectivity index is 1.52. The predicted octanol–water partition coefficient (Wildman–Crippen LogP) is 4.77. The third-order valence-corrected chi connectivity index (χ3v) is 6.46. The fourth-order valence-electron chi connectivity index (χ4n) is 4.19. The van der Waals surface area contributed by atoms with Crippen molar-refractivity contribution in [3.05, 3.63) is 58.9 Å². The Bertz CT molecular complexity index is 911. The maximum absolute atomic E-state index is 14.3. The van der Waals surface area contributed by atoms with Crippen molar-refractivity contribution >= 4 is 22.9 Å². The summed E-state index contributed by atoms with van der Waals surface area (Å²) < 4.78 is 31.6. The first kappa shape index (κ1) is 20.3. The molecule has 4 rings (SSSR count). The SMILES string of the molecule is COC1(c2cc(F)cc(OCc3ccc4c(c3)CCC(=S)N4C)c2)CCOCC1. The van der Waals surface area contributed by atoms with E-state index < -0.39 is 5.60 Å². The average molecular weight is 416 g/mol. The minimum atomic E-state index is -0.521. The fourth-order valence-corrected chi connectivity index (χ4v) is 4.39. The molecule has 1 saturated heterocycles. The number of anilines is 1. The van der Waals surface area contributed by atoms with E-state index in [0.717, 1.165) is 34.6 Å². The number of ether oxygens (including phenoxy) is 3. The summed E-state index contributed by atoms with van der Waals surface area (Å²) in [5, 5.41) is 0. The molecule has 1 fully saturated rings. The minimum Gasteiger partial charge on any atom is -0.489 e. The smallest absolute Gasteiger partial charge is 0.127 e. The molecule has 6 heteroatoms. The first-order valence-electron chi connectivity index (χ1n) is 9.96. The predicted molar refractivity (Wildman–Crippen MR) is 115 cm³/mol. The molecule has 154 valence electrons. The van der Waals surface area contributed by atoms with Crippen LogP contribution in [0.25, 0.3) is 0 Å². The van der Waals surface area contributed by atoms with Gasteiger partial charge in [0.25, 0.3) is 0 Å². The number of hydrogen-bond acceptors (Lipinski definition) is 4. The Kier molecular flexibility index (Phi) is 5.86. The van der Waals surface area contributed by atoms with Gasteiger partial charge in [-0.05, 0) is 41.3 Å². The van der Waals surface area contributed by atoms with Crippen molar-refractivity contribution in [2.24, 2.45) is 0 Å². The molecular weight excluding hydrogens is 389 g/mol. The molecule has 0 saturated carbocycles. The second-order valence-electron chi connectivity index (χ2n) is 7.69. The molecule has 0 aliphatic carbocycles. The molecule has 2 aliphatic rings. The Morgan fingerprint density at radius 2 is 1.93 bits per heavy atom. The summed E-state index contributed by atoms with van der Waals surface area (Å²) in [5.74, 6) is 0.194. The lowest BCUT2D eigenvalue weighted by Gasteiger charge is -2.36. The van der Waals surface area contributed by atoms with Crippen LogP contribution in [0.15, 0.2) is 36.4 Å². The number of nitrogens with zero attached hydrogens (tertiary/aromatic N) is 1. The van der Waals surface area contributed by atoms with Crippen LogP contribution < -0.4 is 9.64 Å². The van der Waals surface area contributed by atoms with E-state index in [1.807, 2.05) is 19.2 Å². The number of fused-ring (bicyclic) bond motifs is 1. The van der Waals surface area contributed by atoms with Crippen LogP contribution in [0, 0.1) is 5.82 Å². The lowest BCUT2D eigenvalue weighted by atomic mass is 9.86. The standard InChI is InChI=1S/C23H26FNO3S/c1-25-21-5-3-16(11-17(21)4-6-22(25)29)15-28-20-13-18(12-19(24)14-20)23(26-2)7-9-27-10-8-23/h3,5,11-14H,4,6-10,15H2,1-2H3. The van der Waals surface area contributed by atoms with Crippen LogP contribution >= 0.6 is 12.2 Å². The lowest BCUT2D eigenvalue weighted by Crippen LogP contribution is -2.35. The van der Waals surface area contributed by atoms with Crippen LogP contribution in [0.1, 0.15) is 36.0 Å². The number of benzene rings is 2. The van der Waals surface area contributed by atoms with E-state index in [0.29, 0.717) is 38.4 Å². The van der Waals surface area contributed by atoms with Gasteiger partial charge in [-0.25, -0.2) is 4.39 Å². The normalized spacial score (nSPS) is 18.4. The molecule has 0 amide bonds. The van der Waals surface area contributed by atoms with E-state index >= 15 is 0 Å². The fraction of sp³-hybridized carbons (Fsp3) is 0.435. The highest BCUT2D eigenvalue weighted by atomic mass is 32.1. The molecule has 0 aromatic heterocycles. The maximum Gasteiger partial charge on any atom is 0.127 e. The number of methoxy groups -OCH3 is 1. The Labute approximate surface area is 176 Å². The van der Waals surface area contributed by atoms with Gasteiger partial charge in [0, 0.05) is 58.4 Å². The summed E-state index contributed by atoms with van der Waals surface area (Å²) >= 11 is 5.40. The van der Waals surface area contributed by atoms with Gasteiger partial charge in [0.1, 0.15) is 18.2 Å². The van der Waals surface area contributed by atoms with Crippen LogP contribution in [0.2, 0.25) is 0 Å². The highest BCUT2D eigenvalue weighted by Gasteiger charge is 2.35. The highest BCUT2D eigenvalue weighted by Crippen LogP contribution is 2.37. The Morgan fingerprint density at radius 1 is 1.14 bits per heavy atom. The van der Waals surface area contributed by atoms with E-state index in [-0.39, 0.29) is 5.82 Å². The van der Waals surface area contributed by atoms with E-state index in [1.165, 1.54) is 11.6 Å². The Morgan fingerprint density at radius 3 is 2.69 bits per heavy atom. The van der Waals surface area contributed by atoms with Crippen LogP contribution in [-0.4, -0.2) is 32.4 Å². The topological polar surface area (TPSA) is 30.9 Å². The van der Waals surface area contributed by atoms with E-state index in [4.69, 9.17) is 26.4 Å². The third-order valence-electron chi connectivity index (χ3n) is 5.98. The van der Waals surface area contributed by atoms with Crippen LogP contribution in [0.4, 0.5) is 10.1 Å².